The number of benzene rings is 1. The molecule has 0 radical (unpaired) electrons. The molecule has 4 aliphatic heterocycles. The molecule has 0 spiro atoms. The van der Waals surface area contributed by atoms with Crippen LogP contribution in [-0.4, -0.2) is 82.8 Å². The molecule has 0 aliphatic carbocycles. The minimum atomic E-state index is -4.92. The molecule has 45 heavy (non-hydrogen) atoms. The third kappa shape index (κ3) is 4.97. The van der Waals surface area contributed by atoms with Gasteiger partial charge >= 0.3 is 12.2 Å². The lowest BCUT2D eigenvalue weighted by atomic mass is 9.94. The van der Waals surface area contributed by atoms with E-state index in [1.807, 2.05) is 11.8 Å². The number of alkyl halides is 5. The van der Waals surface area contributed by atoms with E-state index in [0.717, 1.165) is 12.5 Å². The number of nitrogens with two attached hydrogens (primary N) is 1. The minimum Gasteiger partial charge on any atom is -0.489 e. The van der Waals surface area contributed by atoms with E-state index in [9.17, 15) is 22.0 Å². The molecular formula is C29H30ClF6N7O2. The fourth-order valence-electron chi connectivity index (χ4n) is 7.36. The van der Waals surface area contributed by atoms with Crippen LogP contribution in [0.5, 0.6) is 11.8 Å². The molecule has 242 valence electrons. The SMILES string of the molecule is CC[C@@H]1NCCN2c3nc(OC[C@]45CCCN4CC(F)(F)C5)nc4c(F)c(-c5nc(N)ccc5C(F)(F)F)c(Cl)c(c34)OC[C@H]12. The Morgan fingerprint density at radius 1 is 1.20 bits per heavy atom. The number of rotatable bonds is 5. The van der Waals surface area contributed by atoms with Gasteiger partial charge in [0.25, 0.3) is 5.92 Å². The Morgan fingerprint density at radius 3 is 2.76 bits per heavy atom. The first-order valence-corrected chi connectivity index (χ1v) is 15.1. The van der Waals surface area contributed by atoms with Gasteiger partial charge in [-0.25, -0.2) is 18.2 Å². The van der Waals surface area contributed by atoms with Crippen molar-refractivity contribution in [1.29, 1.82) is 0 Å². The zero-order valence-electron chi connectivity index (χ0n) is 24.2. The molecule has 1 aromatic carbocycles. The first kappa shape index (κ1) is 30.4. The van der Waals surface area contributed by atoms with Crippen molar-refractivity contribution in [1.82, 2.24) is 25.2 Å². The number of nitrogen functional groups attached to an aromatic ring is 1. The van der Waals surface area contributed by atoms with Crippen molar-refractivity contribution in [2.75, 3.05) is 50.0 Å². The van der Waals surface area contributed by atoms with Gasteiger partial charge in [0.15, 0.2) is 11.6 Å². The second kappa shape index (κ2) is 10.6. The minimum absolute atomic E-state index is 0.0571. The largest absolute Gasteiger partial charge is 0.489 e. The number of hydrogen-bond acceptors (Lipinski definition) is 9. The van der Waals surface area contributed by atoms with Crippen LogP contribution >= 0.6 is 11.6 Å². The molecule has 0 unspecified atom stereocenters. The highest BCUT2D eigenvalue weighted by Crippen LogP contribution is 2.51. The van der Waals surface area contributed by atoms with Crippen LogP contribution in [-0.2, 0) is 6.18 Å². The highest BCUT2D eigenvalue weighted by molar-refractivity contribution is 6.36. The molecule has 3 saturated heterocycles. The number of piperazine rings is 1. The lowest BCUT2D eigenvalue weighted by Gasteiger charge is -2.41. The molecule has 4 aliphatic rings. The zero-order chi connectivity index (χ0) is 31.9. The van der Waals surface area contributed by atoms with Gasteiger partial charge in [-0.15, -0.1) is 0 Å². The summed E-state index contributed by atoms with van der Waals surface area (Å²) in [6, 6.07) is 1.00. The van der Waals surface area contributed by atoms with Gasteiger partial charge in [0.05, 0.1) is 45.4 Å². The fraction of sp³-hybridized carbons (Fsp3) is 0.552. The van der Waals surface area contributed by atoms with Crippen LogP contribution in [0.4, 0.5) is 38.0 Å². The monoisotopic (exact) mass is 657 g/mol. The molecule has 7 rings (SSSR count). The van der Waals surface area contributed by atoms with Gasteiger partial charge < -0.3 is 25.4 Å². The van der Waals surface area contributed by atoms with E-state index in [1.165, 1.54) is 0 Å². The normalized spacial score (nSPS) is 26.0. The van der Waals surface area contributed by atoms with Crippen LogP contribution in [0.15, 0.2) is 12.1 Å². The highest BCUT2D eigenvalue weighted by Gasteiger charge is 2.57. The zero-order valence-corrected chi connectivity index (χ0v) is 24.9. The predicted octanol–water partition coefficient (Wildman–Crippen LogP) is 5.29. The molecule has 3 atom stereocenters. The van der Waals surface area contributed by atoms with E-state index in [0.29, 0.717) is 38.5 Å². The third-order valence-electron chi connectivity index (χ3n) is 9.36. The third-order valence-corrected chi connectivity index (χ3v) is 9.72. The number of halogens is 7. The molecule has 0 saturated carbocycles. The van der Waals surface area contributed by atoms with Crippen molar-refractivity contribution < 1.29 is 35.8 Å². The Hall–Kier alpha value is -3.30. The Morgan fingerprint density at radius 2 is 2.00 bits per heavy atom. The van der Waals surface area contributed by atoms with Crippen molar-refractivity contribution in [3.63, 3.8) is 0 Å². The number of fused-ring (bicyclic) bond motifs is 3. The summed E-state index contributed by atoms with van der Waals surface area (Å²) in [7, 11) is 0. The van der Waals surface area contributed by atoms with Gasteiger partial charge in [-0.3, -0.25) is 4.90 Å². The summed E-state index contributed by atoms with van der Waals surface area (Å²) in [5.41, 5.74) is 1.66. The molecule has 9 nitrogen and oxygen atoms in total. The Bertz CT molecular complexity index is 1680. The van der Waals surface area contributed by atoms with Gasteiger partial charge in [0.1, 0.15) is 30.4 Å². The van der Waals surface area contributed by atoms with Crippen molar-refractivity contribution in [3.05, 3.63) is 28.5 Å². The van der Waals surface area contributed by atoms with Crippen molar-refractivity contribution in [2.45, 2.75) is 62.3 Å². The van der Waals surface area contributed by atoms with Gasteiger partial charge in [-0.05, 0) is 37.9 Å². The van der Waals surface area contributed by atoms with E-state index < -0.39 is 57.2 Å². The topological polar surface area (TPSA) is 102 Å². The number of ether oxygens (including phenoxy) is 2. The lowest BCUT2D eigenvalue weighted by Crippen LogP contribution is -2.60. The second-order valence-electron chi connectivity index (χ2n) is 12.1. The van der Waals surface area contributed by atoms with E-state index >= 15 is 4.39 Å². The Balaban J connectivity index is 1.42. The van der Waals surface area contributed by atoms with Crippen LogP contribution in [0, 0.1) is 5.82 Å². The molecule has 3 aromatic rings. The molecular weight excluding hydrogens is 628 g/mol. The van der Waals surface area contributed by atoms with Crippen LogP contribution in [0.1, 0.15) is 38.2 Å². The number of hydrogen-bond donors (Lipinski definition) is 2. The number of nitrogens with one attached hydrogen (secondary N) is 1. The summed E-state index contributed by atoms with van der Waals surface area (Å²) in [6.45, 7) is 2.99. The molecule has 0 bridgehead atoms. The summed E-state index contributed by atoms with van der Waals surface area (Å²) < 4.78 is 100. The van der Waals surface area contributed by atoms with Crippen LogP contribution in [0.25, 0.3) is 22.2 Å². The number of pyridine rings is 1. The van der Waals surface area contributed by atoms with Crippen LogP contribution in [0.2, 0.25) is 5.02 Å². The van der Waals surface area contributed by atoms with Crippen molar-refractivity contribution >= 4 is 34.1 Å². The maximum atomic E-state index is 16.7. The van der Waals surface area contributed by atoms with Gasteiger partial charge in [-0.2, -0.15) is 23.1 Å². The van der Waals surface area contributed by atoms with Crippen LogP contribution in [0.3, 0.4) is 0 Å². The average Bonchev–Trinajstić information content (AvgIpc) is 3.40. The summed E-state index contributed by atoms with van der Waals surface area (Å²) >= 11 is 6.71. The molecule has 16 heteroatoms. The van der Waals surface area contributed by atoms with Crippen molar-refractivity contribution in [2.24, 2.45) is 0 Å². The summed E-state index contributed by atoms with van der Waals surface area (Å²) in [5.74, 6) is -4.23. The quantitative estimate of drug-likeness (QED) is 0.355. The number of aromatic nitrogens is 3. The smallest absolute Gasteiger partial charge is 0.418 e. The van der Waals surface area contributed by atoms with Gasteiger partial charge in [-0.1, -0.05) is 18.5 Å². The molecule has 3 fully saturated rings. The molecule has 0 amide bonds. The van der Waals surface area contributed by atoms with E-state index in [-0.39, 0.29) is 60.6 Å². The molecule has 2 aromatic heterocycles. The summed E-state index contributed by atoms with van der Waals surface area (Å²) in [6.07, 6.45) is -3.41. The molecule has 6 heterocycles. The maximum Gasteiger partial charge on any atom is 0.418 e. The van der Waals surface area contributed by atoms with Gasteiger partial charge in [0.2, 0.25) is 0 Å². The lowest BCUT2D eigenvalue weighted by molar-refractivity contribution is -0.137. The fourth-order valence-corrected chi connectivity index (χ4v) is 7.68. The van der Waals surface area contributed by atoms with Gasteiger partial charge in [0, 0.05) is 25.6 Å². The highest BCUT2D eigenvalue weighted by atomic mass is 35.5. The maximum absolute atomic E-state index is 16.7. The van der Waals surface area contributed by atoms with E-state index in [4.69, 9.17) is 26.8 Å². The number of anilines is 2. The average molecular weight is 658 g/mol. The van der Waals surface area contributed by atoms with Crippen molar-refractivity contribution in [3.8, 4) is 23.0 Å². The molecule has 3 N–H and O–H groups in total. The first-order valence-electron chi connectivity index (χ1n) is 14.8. The summed E-state index contributed by atoms with van der Waals surface area (Å²) in [4.78, 5) is 16.4. The van der Waals surface area contributed by atoms with Crippen LogP contribution < -0.4 is 25.4 Å². The summed E-state index contributed by atoms with van der Waals surface area (Å²) in [5, 5.41) is 3.06. The second-order valence-corrected chi connectivity index (χ2v) is 12.5. The predicted molar refractivity (Wildman–Crippen MR) is 154 cm³/mol. The van der Waals surface area contributed by atoms with E-state index in [2.05, 4.69) is 20.3 Å². The van der Waals surface area contributed by atoms with E-state index in [1.54, 1.807) is 4.90 Å². The standard InChI is InChI=1S/C29H30ClF6N7O2/c1-2-15-16-10-44-24-19-23(21(31)18(20(24)30)22-14(29(34,35)36)4-5-17(37)39-22)40-26(41-25(19)43(16)9-7-38-15)45-13-27-6-3-8-42(27)12-28(32,33)11-27/h4-5,15-16,38H,2-3,6-13H2,1H3,(H2,37,39)/t15-,16+,27+/m0/s1. The Kier molecular flexibility index (Phi) is 7.17. The number of nitrogens with zero attached hydrogens (tertiary/aromatic N) is 5. The Labute approximate surface area is 259 Å². The first-order chi connectivity index (χ1) is 21.3.